The second-order valence-corrected chi connectivity index (χ2v) is 10.9. The third kappa shape index (κ3) is 8.16. The number of aliphatic imine (C=N–C) groups is 1. The van der Waals surface area contributed by atoms with Crippen molar-refractivity contribution in [3.63, 3.8) is 0 Å². The van der Waals surface area contributed by atoms with Crippen LogP contribution < -0.4 is 15.0 Å². The van der Waals surface area contributed by atoms with Crippen molar-refractivity contribution in [1.82, 2.24) is 20.1 Å². The van der Waals surface area contributed by atoms with Crippen LogP contribution in [0.25, 0.3) is 17.1 Å². The van der Waals surface area contributed by atoms with Crippen molar-refractivity contribution < 1.29 is 22.7 Å². The molecule has 1 N–H and O–H groups in total. The second-order valence-electron chi connectivity index (χ2n) is 9.82. The van der Waals surface area contributed by atoms with Crippen LogP contribution >= 0.6 is 11.8 Å². The predicted octanol–water partition coefficient (Wildman–Crippen LogP) is 7.04. The number of carbonyl (C=O) groups is 1. The van der Waals surface area contributed by atoms with Gasteiger partial charge in [-0.1, -0.05) is 61.2 Å². The van der Waals surface area contributed by atoms with Gasteiger partial charge in [-0.25, -0.2) is 14.5 Å². The third-order valence-electron chi connectivity index (χ3n) is 6.84. The number of nitrogens with zero attached hydrogens (tertiary/aromatic N) is 5. The van der Waals surface area contributed by atoms with Gasteiger partial charge in [0.15, 0.2) is 11.0 Å². The molecule has 0 unspecified atom stereocenters. The van der Waals surface area contributed by atoms with Gasteiger partial charge in [0.1, 0.15) is 12.1 Å². The van der Waals surface area contributed by atoms with Gasteiger partial charge in [0.2, 0.25) is 0 Å². The number of urea groups is 1. The maximum absolute atomic E-state index is 12.5. The number of aromatic nitrogens is 3. The van der Waals surface area contributed by atoms with Gasteiger partial charge < -0.3 is 15.0 Å². The molecule has 2 amide bonds. The molecule has 43 heavy (non-hydrogen) atoms. The molecule has 0 bridgehead atoms. The van der Waals surface area contributed by atoms with Crippen LogP contribution in [0.5, 0.6) is 5.75 Å². The van der Waals surface area contributed by atoms with Gasteiger partial charge in [0.25, 0.3) is 0 Å². The number of unbranched alkanes of at least 4 members (excludes halogenated alkanes) is 1. The van der Waals surface area contributed by atoms with Crippen molar-refractivity contribution in [1.29, 1.82) is 0 Å². The molecule has 1 saturated heterocycles. The van der Waals surface area contributed by atoms with Gasteiger partial charge in [-0.05, 0) is 67.1 Å². The molecule has 1 aliphatic heterocycles. The molecular formula is C31H31F3N6O2S. The lowest BCUT2D eigenvalue weighted by molar-refractivity contribution is -0.274. The molecule has 0 atom stereocenters. The highest BCUT2D eigenvalue weighted by atomic mass is 32.2. The van der Waals surface area contributed by atoms with E-state index >= 15 is 0 Å². The maximum atomic E-state index is 12.5. The Kier molecular flexibility index (Phi) is 9.65. The highest BCUT2D eigenvalue weighted by Gasteiger charge is 2.31. The molecule has 0 aliphatic carbocycles. The molecule has 12 heteroatoms. The van der Waals surface area contributed by atoms with Gasteiger partial charge in [0.05, 0.1) is 5.69 Å². The second kappa shape index (κ2) is 13.8. The van der Waals surface area contributed by atoms with Gasteiger partial charge >= 0.3 is 12.4 Å². The van der Waals surface area contributed by atoms with Crippen LogP contribution in [0.4, 0.5) is 23.7 Å². The van der Waals surface area contributed by atoms with E-state index in [2.05, 4.69) is 49.1 Å². The Bertz CT molecular complexity index is 1550. The molecule has 4 aromatic rings. The minimum Gasteiger partial charge on any atom is -0.406 e. The van der Waals surface area contributed by atoms with Crippen LogP contribution in [0.1, 0.15) is 30.9 Å². The standard InChI is InChI=1S/C31H31F3N6O2S/c1-2-23-8-3-4-9-27(23)39-19-20-43-30(39)37-29(41)35-18-6-5-7-22-10-12-24(13-11-22)28-36-21-40(38-28)25-14-16-26(17-15-25)42-31(32,33)34/h3-4,8-17,21H,2,5-7,18-20H2,1H3,(H,35,41). The molecule has 1 aliphatic rings. The number of amides is 2. The first kappa shape index (κ1) is 30.1. The summed E-state index contributed by atoms with van der Waals surface area (Å²) >= 11 is 1.60. The van der Waals surface area contributed by atoms with Crippen LogP contribution in [0.2, 0.25) is 0 Å². The molecule has 1 aromatic heterocycles. The van der Waals surface area contributed by atoms with Crippen molar-refractivity contribution in [2.45, 2.75) is 39.0 Å². The van der Waals surface area contributed by atoms with Crippen molar-refractivity contribution in [2.24, 2.45) is 4.99 Å². The Morgan fingerprint density at radius 3 is 2.56 bits per heavy atom. The van der Waals surface area contributed by atoms with Crippen molar-refractivity contribution in [3.8, 4) is 22.8 Å². The zero-order valence-corrected chi connectivity index (χ0v) is 24.4. The zero-order valence-electron chi connectivity index (χ0n) is 23.6. The minimum absolute atomic E-state index is 0.299. The zero-order chi connectivity index (χ0) is 30.2. The number of amidine groups is 1. The van der Waals surface area contributed by atoms with E-state index in [0.29, 0.717) is 18.1 Å². The summed E-state index contributed by atoms with van der Waals surface area (Å²) in [5.41, 5.74) is 4.90. The number of alkyl halides is 3. The van der Waals surface area contributed by atoms with E-state index in [9.17, 15) is 18.0 Å². The quantitative estimate of drug-likeness (QED) is 0.195. The Morgan fingerprint density at radius 1 is 1.05 bits per heavy atom. The van der Waals surface area contributed by atoms with E-state index in [-0.39, 0.29) is 11.8 Å². The van der Waals surface area contributed by atoms with Gasteiger partial charge in [0, 0.05) is 30.1 Å². The monoisotopic (exact) mass is 608 g/mol. The number of ether oxygens (including phenoxy) is 1. The molecule has 0 radical (unpaired) electrons. The fraction of sp³-hybridized carbons (Fsp3) is 0.290. The molecular weight excluding hydrogens is 577 g/mol. The molecule has 2 heterocycles. The lowest BCUT2D eigenvalue weighted by atomic mass is 10.1. The average molecular weight is 609 g/mol. The third-order valence-corrected chi connectivity index (χ3v) is 7.80. The van der Waals surface area contributed by atoms with E-state index in [1.54, 1.807) is 11.8 Å². The van der Waals surface area contributed by atoms with E-state index < -0.39 is 6.36 Å². The number of anilines is 1. The number of aryl methyl sites for hydroxylation is 2. The van der Waals surface area contributed by atoms with E-state index in [1.807, 2.05) is 36.4 Å². The smallest absolute Gasteiger partial charge is 0.406 e. The summed E-state index contributed by atoms with van der Waals surface area (Å²) in [5.74, 6) is 1.11. The number of thioether (sulfide) groups is 1. The van der Waals surface area contributed by atoms with Gasteiger partial charge in [-0.3, -0.25) is 0 Å². The molecule has 8 nitrogen and oxygen atoms in total. The summed E-state index contributed by atoms with van der Waals surface area (Å²) < 4.78 is 42.5. The SMILES string of the molecule is CCc1ccccc1N1CCSC1=NC(=O)NCCCCc1ccc(-c2ncn(-c3ccc(OC(F)(F)F)cc3)n2)cc1. The van der Waals surface area contributed by atoms with Crippen LogP contribution in [0.3, 0.4) is 0 Å². The fourth-order valence-electron chi connectivity index (χ4n) is 4.71. The number of para-hydroxylation sites is 1. The maximum Gasteiger partial charge on any atom is 0.573 e. The largest absolute Gasteiger partial charge is 0.573 e. The molecule has 3 aromatic carbocycles. The molecule has 1 fully saturated rings. The molecule has 5 rings (SSSR count). The number of halogens is 3. The number of carbonyl (C=O) groups excluding carboxylic acids is 1. The number of hydrogen-bond donors (Lipinski definition) is 1. The normalized spacial score (nSPS) is 14.3. The summed E-state index contributed by atoms with van der Waals surface area (Å²) in [6.45, 7) is 3.51. The van der Waals surface area contributed by atoms with Crippen LogP contribution in [-0.4, -0.2) is 51.2 Å². The Balaban J connectivity index is 1.07. The first-order valence-electron chi connectivity index (χ1n) is 14.0. The van der Waals surface area contributed by atoms with E-state index in [1.165, 1.54) is 40.8 Å². The Morgan fingerprint density at radius 2 is 1.81 bits per heavy atom. The first-order chi connectivity index (χ1) is 20.8. The van der Waals surface area contributed by atoms with E-state index in [0.717, 1.165) is 60.0 Å². The number of benzene rings is 3. The lowest BCUT2D eigenvalue weighted by Gasteiger charge is -2.20. The Labute approximate surface area is 252 Å². The molecule has 0 saturated carbocycles. The number of hydrogen-bond acceptors (Lipinski definition) is 5. The highest BCUT2D eigenvalue weighted by molar-refractivity contribution is 8.14. The van der Waals surface area contributed by atoms with Crippen LogP contribution in [0.15, 0.2) is 84.1 Å². The van der Waals surface area contributed by atoms with Crippen molar-refractivity contribution in [2.75, 3.05) is 23.7 Å². The van der Waals surface area contributed by atoms with E-state index in [4.69, 9.17) is 0 Å². The van der Waals surface area contributed by atoms with Gasteiger partial charge in [-0.15, -0.1) is 18.3 Å². The molecule has 224 valence electrons. The molecule has 0 spiro atoms. The highest BCUT2D eigenvalue weighted by Crippen LogP contribution is 2.29. The summed E-state index contributed by atoms with van der Waals surface area (Å²) in [7, 11) is 0. The number of rotatable bonds is 10. The fourth-order valence-corrected chi connectivity index (χ4v) is 5.66. The average Bonchev–Trinajstić information content (AvgIpc) is 3.67. The minimum atomic E-state index is -4.74. The number of nitrogens with one attached hydrogen (secondary N) is 1. The first-order valence-corrected chi connectivity index (χ1v) is 15.0. The lowest BCUT2D eigenvalue weighted by Crippen LogP contribution is -2.28. The topological polar surface area (TPSA) is 84.6 Å². The summed E-state index contributed by atoms with van der Waals surface area (Å²) in [6.07, 6.45) is 0.282. The van der Waals surface area contributed by atoms with Crippen molar-refractivity contribution >= 4 is 28.6 Å². The van der Waals surface area contributed by atoms with Crippen molar-refractivity contribution in [3.05, 3.63) is 90.3 Å². The van der Waals surface area contributed by atoms with Crippen LogP contribution in [0, 0.1) is 0 Å². The van der Waals surface area contributed by atoms with Crippen LogP contribution in [-0.2, 0) is 12.8 Å². The summed E-state index contributed by atoms with van der Waals surface area (Å²) in [5, 5.41) is 8.10. The summed E-state index contributed by atoms with van der Waals surface area (Å²) in [4.78, 5) is 23.3. The van der Waals surface area contributed by atoms with Gasteiger partial charge in [-0.2, -0.15) is 4.99 Å². The predicted molar refractivity (Wildman–Crippen MR) is 163 cm³/mol. The Hall–Kier alpha value is -4.32. The summed E-state index contributed by atoms with van der Waals surface area (Å²) in [6, 6.07) is 21.3.